The number of halogens is 1. The van der Waals surface area contributed by atoms with Crippen LogP contribution in [-0.2, 0) is 4.79 Å². The summed E-state index contributed by atoms with van der Waals surface area (Å²) in [5.74, 6) is -0.0412. The van der Waals surface area contributed by atoms with E-state index in [9.17, 15) is 9.18 Å². The van der Waals surface area contributed by atoms with E-state index in [2.05, 4.69) is 19.2 Å². The molecule has 1 N–H and O–H groups in total. The molecule has 4 heteroatoms. The highest BCUT2D eigenvalue weighted by molar-refractivity contribution is 5.92. The van der Waals surface area contributed by atoms with Gasteiger partial charge >= 0.3 is 0 Å². The number of benzene rings is 1. The third-order valence-electron chi connectivity index (χ3n) is 4.34. The van der Waals surface area contributed by atoms with Crippen LogP contribution in [0.4, 0.5) is 4.39 Å². The minimum absolute atomic E-state index is 0.120. The van der Waals surface area contributed by atoms with Crippen molar-refractivity contribution in [3.63, 3.8) is 0 Å². The summed E-state index contributed by atoms with van der Waals surface area (Å²) >= 11 is 0. The second-order valence-electron chi connectivity index (χ2n) is 5.65. The number of rotatable bonds is 3. The van der Waals surface area contributed by atoms with Gasteiger partial charge in [0.15, 0.2) is 0 Å². The minimum Gasteiger partial charge on any atom is -0.319 e. The number of carbonyl (C=O) groups excluding carboxylic acids is 1. The highest BCUT2D eigenvalue weighted by Gasteiger charge is 2.59. The van der Waals surface area contributed by atoms with Gasteiger partial charge in [-0.2, -0.15) is 0 Å². The molecule has 0 radical (unpaired) electrons. The van der Waals surface area contributed by atoms with E-state index in [0.717, 1.165) is 24.8 Å². The van der Waals surface area contributed by atoms with Crippen LogP contribution >= 0.6 is 0 Å². The van der Waals surface area contributed by atoms with E-state index in [-0.39, 0.29) is 29.5 Å². The zero-order valence-corrected chi connectivity index (χ0v) is 11.3. The van der Waals surface area contributed by atoms with Gasteiger partial charge in [0.05, 0.1) is 0 Å². The summed E-state index contributed by atoms with van der Waals surface area (Å²) in [7, 11) is 0. The average molecular weight is 262 g/mol. The Morgan fingerprint density at radius 2 is 2.05 bits per heavy atom. The lowest BCUT2D eigenvalue weighted by atomic mass is 10.1. The predicted octanol–water partition coefficient (Wildman–Crippen LogP) is 2.59. The minimum atomic E-state index is -0.331. The molecule has 1 aliphatic carbocycles. The highest BCUT2D eigenvalue weighted by Crippen LogP contribution is 2.46. The Balaban J connectivity index is 1.94. The van der Waals surface area contributed by atoms with Crippen LogP contribution in [-0.4, -0.2) is 22.4 Å². The van der Waals surface area contributed by atoms with E-state index in [1.807, 2.05) is 4.90 Å². The molecule has 3 rings (SSSR count). The molecule has 1 amide bonds. The maximum atomic E-state index is 13.0. The van der Waals surface area contributed by atoms with Gasteiger partial charge in [0.2, 0.25) is 5.91 Å². The molecule has 102 valence electrons. The van der Waals surface area contributed by atoms with Crippen molar-refractivity contribution < 1.29 is 9.18 Å². The first-order valence-corrected chi connectivity index (χ1v) is 6.93. The van der Waals surface area contributed by atoms with E-state index in [4.69, 9.17) is 0 Å². The Bertz CT molecular complexity index is 495. The predicted molar refractivity (Wildman–Crippen MR) is 70.8 cm³/mol. The highest BCUT2D eigenvalue weighted by atomic mass is 19.1. The molecular weight excluding hydrogens is 243 g/mol. The van der Waals surface area contributed by atoms with Crippen LogP contribution in [0.3, 0.4) is 0 Å². The molecule has 1 spiro atoms. The SMILES string of the molecule is CCC(C)N1C(=O)C2(CC2)NC1c1ccc(F)cc1. The molecule has 1 aromatic carbocycles. The van der Waals surface area contributed by atoms with Crippen molar-refractivity contribution in [3.05, 3.63) is 35.6 Å². The van der Waals surface area contributed by atoms with Gasteiger partial charge in [0.1, 0.15) is 17.5 Å². The van der Waals surface area contributed by atoms with Gasteiger partial charge in [-0.05, 0) is 43.9 Å². The number of hydrogen-bond acceptors (Lipinski definition) is 2. The lowest BCUT2D eigenvalue weighted by Gasteiger charge is -2.30. The van der Waals surface area contributed by atoms with Crippen LogP contribution in [0.15, 0.2) is 24.3 Å². The van der Waals surface area contributed by atoms with Crippen LogP contribution in [0, 0.1) is 5.82 Å². The van der Waals surface area contributed by atoms with Crippen LogP contribution < -0.4 is 5.32 Å². The average Bonchev–Trinajstić information content (AvgIpc) is 3.13. The van der Waals surface area contributed by atoms with E-state index in [1.165, 1.54) is 12.1 Å². The van der Waals surface area contributed by atoms with Crippen LogP contribution in [0.25, 0.3) is 0 Å². The zero-order valence-electron chi connectivity index (χ0n) is 11.3. The molecule has 1 heterocycles. The summed E-state index contributed by atoms with van der Waals surface area (Å²) in [6.07, 6.45) is 2.62. The standard InChI is InChI=1S/C15H19FN2O/c1-3-10(2)18-13(11-4-6-12(16)7-5-11)17-15(8-9-15)14(18)19/h4-7,10,13,17H,3,8-9H2,1-2H3. The fourth-order valence-corrected chi connectivity index (χ4v) is 2.78. The van der Waals surface area contributed by atoms with Gasteiger partial charge in [-0.3, -0.25) is 10.1 Å². The van der Waals surface area contributed by atoms with Gasteiger partial charge < -0.3 is 4.90 Å². The Labute approximate surface area is 112 Å². The smallest absolute Gasteiger partial charge is 0.244 e. The lowest BCUT2D eigenvalue weighted by Crippen LogP contribution is -2.38. The van der Waals surface area contributed by atoms with E-state index in [0.29, 0.717) is 0 Å². The van der Waals surface area contributed by atoms with Crippen molar-refractivity contribution in [1.29, 1.82) is 0 Å². The fourth-order valence-electron chi connectivity index (χ4n) is 2.78. The van der Waals surface area contributed by atoms with Crippen molar-refractivity contribution in [2.45, 2.75) is 50.9 Å². The molecule has 1 aromatic rings. The van der Waals surface area contributed by atoms with Crippen molar-refractivity contribution in [2.75, 3.05) is 0 Å². The molecule has 2 atom stereocenters. The normalized spacial score (nSPS) is 25.9. The van der Waals surface area contributed by atoms with Gasteiger partial charge in [0, 0.05) is 6.04 Å². The molecule has 1 saturated carbocycles. The Morgan fingerprint density at radius 3 is 2.58 bits per heavy atom. The number of amides is 1. The summed E-state index contributed by atoms with van der Waals surface area (Å²) in [6, 6.07) is 6.62. The molecular formula is C15H19FN2O. The Hall–Kier alpha value is -1.42. The van der Waals surface area contributed by atoms with Crippen molar-refractivity contribution >= 4 is 5.91 Å². The number of nitrogens with one attached hydrogen (secondary N) is 1. The van der Waals surface area contributed by atoms with Crippen molar-refractivity contribution in [3.8, 4) is 0 Å². The van der Waals surface area contributed by atoms with Gasteiger partial charge in [-0.15, -0.1) is 0 Å². The van der Waals surface area contributed by atoms with E-state index in [1.54, 1.807) is 12.1 Å². The van der Waals surface area contributed by atoms with Crippen LogP contribution in [0.1, 0.15) is 44.8 Å². The molecule has 0 aromatic heterocycles. The second-order valence-corrected chi connectivity index (χ2v) is 5.65. The maximum Gasteiger partial charge on any atom is 0.244 e. The number of carbonyl (C=O) groups is 1. The maximum absolute atomic E-state index is 13.0. The molecule has 19 heavy (non-hydrogen) atoms. The fraction of sp³-hybridized carbons (Fsp3) is 0.533. The first-order chi connectivity index (χ1) is 9.07. The zero-order chi connectivity index (χ0) is 13.6. The van der Waals surface area contributed by atoms with Crippen molar-refractivity contribution in [1.82, 2.24) is 10.2 Å². The summed E-state index contributed by atoms with van der Waals surface area (Å²) < 4.78 is 13.0. The first-order valence-electron chi connectivity index (χ1n) is 6.93. The van der Waals surface area contributed by atoms with E-state index < -0.39 is 0 Å². The molecule has 2 unspecified atom stereocenters. The molecule has 1 saturated heterocycles. The summed E-state index contributed by atoms with van der Waals surface area (Å²) in [4.78, 5) is 14.5. The van der Waals surface area contributed by atoms with Gasteiger partial charge in [0.25, 0.3) is 0 Å². The van der Waals surface area contributed by atoms with Crippen LogP contribution in [0.5, 0.6) is 0 Å². The molecule has 2 aliphatic rings. The van der Waals surface area contributed by atoms with Gasteiger partial charge in [-0.1, -0.05) is 19.1 Å². The Morgan fingerprint density at radius 1 is 1.42 bits per heavy atom. The Kier molecular flexibility index (Phi) is 2.86. The third kappa shape index (κ3) is 1.94. The number of hydrogen-bond donors (Lipinski definition) is 1. The van der Waals surface area contributed by atoms with E-state index >= 15 is 0 Å². The topological polar surface area (TPSA) is 32.3 Å². The van der Waals surface area contributed by atoms with Crippen LogP contribution in [0.2, 0.25) is 0 Å². The summed E-state index contributed by atoms with van der Waals surface area (Å²) in [5.41, 5.74) is 0.626. The molecule has 3 nitrogen and oxygen atoms in total. The molecule has 2 fully saturated rings. The molecule has 1 aliphatic heterocycles. The lowest BCUT2D eigenvalue weighted by molar-refractivity contribution is -0.132. The third-order valence-corrected chi connectivity index (χ3v) is 4.34. The second kappa shape index (κ2) is 4.30. The summed E-state index contributed by atoms with van der Waals surface area (Å²) in [6.45, 7) is 4.15. The monoisotopic (exact) mass is 262 g/mol. The van der Waals surface area contributed by atoms with Crippen molar-refractivity contribution in [2.24, 2.45) is 0 Å². The molecule has 0 bridgehead atoms. The van der Waals surface area contributed by atoms with Gasteiger partial charge in [-0.25, -0.2) is 4.39 Å². The summed E-state index contributed by atoms with van der Waals surface area (Å²) in [5, 5.41) is 3.45. The largest absolute Gasteiger partial charge is 0.319 e. The first kappa shape index (κ1) is 12.6. The number of nitrogens with zero attached hydrogens (tertiary/aromatic N) is 1. The quantitative estimate of drug-likeness (QED) is 0.908.